The molecular weight excluding hydrogens is 194 g/mol. The molecule has 15 heavy (non-hydrogen) atoms. The molecule has 0 saturated carbocycles. The van der Waals surface area contributed by atoms with Crippen LogP contribution in [0.25, 0.3) is 0 Å². The molecule has 2 rings (SSSR count). The van der Waals surface area contributed by atoms with Gasteiger partial charge in [-0.05, 0) is 13.0 Å². The van der Waals surface area contributed by atoms with Crippen molar-refractivity contribution in [2.75, 3.05) is 13.2 Å². The third kappa shape index (κ3) is 2.04. The monoisotopic (exact) mass is 211 g/mol. The summed E-state index contributed by atoms with van der Waals surface area (Å²) in [7, 11) is 0. The summed E-state index contributed by atoms with van der Waals surface area (Å²) in [4.78, 5) is 2.22. The molecule has 0 radical (unpaired) electrons. The lowest BCUT2D eigenvalue weighted by atomic mass is 10.2. The van der Waals surface area contributed by atoms with Crippen molar-refractivity contribution in [2.45, 2.75) is 32.7 Å². The summed E-state index contributed by atoms with van der Waals surface area (Å²) >= 11 is 0. The van der Waals surface area contributed by atoms with E-state index in [1.807, 2.05) is 10.7 Å². The number of β-amino-alcohol motifs (C(OH)–C–C–N with tert-alkyl or cyclic N) is 1. The first-order valence-corrected chi connectivity index (χ1v) is 5.26. The first-order valence-electron chi connectivity index (χ1n) is 5.26. The Morgan fingerprint density at radius 3 is 3.00 bits per heavy atom. The van der Waals surface area contributed by atoms with Crippen molar-refractivity contribution in [1.29, 1.82) is 0 Å². The van der Waals surface area contributed by atoms with Gasteiger partial charge in [-0.3, -0.25) is 9.58 Å². The van der Waals surface area contributed by atoms with Gasteiger partial charge in [-0.1, -0.05) is 0 Å². The van der Waals surface area contributed by atoms with Crippen LogP contribution in [0.2, 0.25) is 0 Å². The van der Waals surface area contributed by atoms with Gasteiger partial charge in [0.05, 0.1) is 31.1 Å². The first kappa shape index (κ1) is 10.6. The Labute approximate surface area is 88.9 Å². The second-order valence-electron chi connectivity index (χ2n) is 4.01. The van der Waals surface area contributed by atoms with Gasteiger partial charge in [0.25, 0.3) is 0 Å². The van der Waals surface area contributed by atoms with Crippen LogP contribution in [0.3, 0.4) is 0 Å². The minimum Gasteiger partial charge on any atom is -0.395 e. The number of hydrogen-bond acceptors (Lipinski definition) is 4. The quantitative estimate of drug-likeness (QED) is 0.712. The van der Waals surface area contributed by atoms with Gasteiger partial charge in [-0.2, -0.15) is 5.10 Å². The van der Waals surface area contributed by atoms with Crippen molar-refractivity contribution in [3.05, 3.63) is 17.5 Å². The van der Waals surface area contributed by atoms with Crippen LogP contribution in [0, 0.1) is 0 Å². The fourth-order valence-electron chi connectivity index (χ4n) is 2.04. The molecule has 84 valence electrons. The summed E-state index contributed by atoms with van der Waals surface area (Å²) in [5.74, 6) is 0. The van der Waals surface area contributed by atoms with Crippen molar-refractivity contribution in [2.24, 2.45) is 0 Å². The van der Waals surface area contributed by atoms with E-state index in [9.17, 15) is 0 Å². The predicted octanol–water partition coefficient (Wildman–Crippen LogP) is -0.428. The molecule has 5 nitrogen and oxygen atoms in total. The molecule has 1 aliphatic heterocycles. The van der Waals surface area contributed by atoms with Crippen LogP contribution < -0.4 is 0 Å². The molecule has 1 aromatic heterocycles. The predicted molar refractivity (Wildman–Crippen MR) is 55.1 cm³/mol. The average molecular weight is 211 g/mol. The Morgan fingerprint density at radius 2 is 2.33 bits per heavy atom. The number of nitrogens with zero attached hydrogens (tertiary/aromatic N) is 3. The third-order valence-corrected chi connectivity index (χ3v) is 2.89. The fraction of sp³-hybridized carbons (Fsp3) is 0.700. The Bertz CT molecular complexity index is 337. The zero-order valence-electron chi connectivity index (χ0n) is 8.93. The SMILES string of the molecule is CC1Cn2nc(CO)cc2CN1CCO. The van der Waals surface area contributed by atoms with E-state index in [1.54, 1.807) is 0 Å². The Morgan fingerprint density at radius 1 is 1.53 bits per heavy atom. The van der Waals surface area contributed by atoms with Crippen LogP contribution in [0.1, 0.15) is 18.3 Å². The van der Waals surface area contributed by atoms with Gasteiger partial charge < -0.3 is 10.2 Å². The number of fused-ring (bicyclic) bond motifs is 1. The summed E-state index contributed by atoms with van der Waals surface area (Å²) < 4.78 is 1.95. The number of rotatable bonds is 3. The highest BCUT2D eigenvalue weighted by molar-refractivity contribution is 5.11. The molecule has 1 aromatic rings. The van der Waals surface area contributed by atoms with Gasteiger partial charge >= 0.3 is 0 Å². The third-order valence-electron chi connectivity index (χ3n) is 2.89. The van der Waals surface area contributed by atoms with Gasteiger partial charge in [-0.25, -0.2) is 0 Å². The molecule has 0 aliphatic carbocycles. The molecule has 1 unspecified atom stereocenters. The Balaban J connectivity index is 2.16. The van der Waals surface area contributed by atoms with E-state index in [-0.39, 0.29) is 13.2 Å². The lowest BCUT2D eigenvalue weighted by Gasteiger charge is -2.33. The van der Waals surface area contributed by atoms with Gasteiger partial charge in [0, 0.05) is 19.1 Å². The van der Waals surface area contributed by atoms with Gasteiger partial charge in [0.1, 0.15) is 0 Å². The smallest absolute Gasteiger partial charge is 0.0882 e. The van der Waals surface area contributed by atoms with Gasteiger partial charge in [0.2, 0.25) is 0 Å². The molecule has 0 aromatic carbocycles. The molecule has 1 atom stereocenters. The highest BCUT2D eigenvalue weighted by Crippen LogP contribution is 2.17. The minimum absolute atomic E-state index is 0.00557. The minimum atomic E-state index is -0.00557. The Kier molecular flexibility index (Phi) is 3.04. The van der Waals surface area contributed by atoms with Gasteiger partial charge in [-0.15, -0.1) is 0 Å². The molecule has 0 bridgehead atoms. The first-order chi connectivity index (χ1) is 7.24. The van der Waals surface area contributed by atoms with Gasteiger partial charge in [0.15, 0.2) is 0 Å². The lowest BCUT2D eigenvalue weighted by molar-refractivity contribution is 0.114. The van der Waals surface area contributed by atoms with Crippen molar-refractivity contribution in [3.8, 4) is 0 Å². The van der Waals surface area contributed by atoms with E-state index in [0.29, 0.717) is 12.6 Å². The van der Waals surface area contributed by atoms with Crippen molar-refractivity contribution in [3.63, 3.8) is 0 Å². The number of aliphatic hydroxyl groups excluding tert-OH is 2. The summed E-state index contributed by atoms with van der Waals surface area (Å²) in [6.07, 6.45) is 0. The molecule has 0 spiro atoms. The molecule has 0 amide bonds. The van der Waals surface area contributed by atoms with E-state index < -0.39 is 0 Å². The van der Waals surface area contributed by atoms with Crippen LogP contribution in [0.4, 0.5) is 0 Å². The number of aliphatic hydroxyl groups is 2. The highest BCUT2D eigenvalue weighted by Gasteiger charge is 2.23. The largest absolute Gasteiger partial charge is 0.395 e. The second-order valence-corrected chi connectivity index (χ2v) is 4.01. The van der Waals surface area contributed by atoms with Crippen molar-refractivity contribution >= 4 is 0 Å². The van der Waals surface area contributed by atoms with E-state index in [4.69, 9.17) is 10.2 Å². The van der Waals surface area contributed by atoms with Crippen molar-refractivity contribution in [1.82, 2.24) is 14.7 Å². The standard InChI is InChI=1S/C10H17N3O2/c1-8-5-13-10(4-9(7-15)11-13)6-12(8)2-3-14/h4,8,14-15H,2-3,5-7H2,1H3. The van der Waals surface area contributed by atoms with Crippen LogP contribution in [0.5, 0.6) is 0 Å². The maximum atomic E-state index is 8.99. The summed E-state index contributed by atoms with van der Waals surface area (Å²) in [5, 5.41) is 22.2. The molecule has 5 heteroatoms. The zero-order chi connectivity index (χ0) is 10.8. The maximum absolute atomic E-state index is 8.99. The van der Waals surface area contributed by atoms with Crippen LogP contribution in [-0.4, -0.2) is 44.1 Å². The van der Waals surface area contributed by atoms with E-state index >= 15 is 0 Å². The molecule has 2 heterocycles. The molecule has 2 N–H and O–H groups in total. The molecule has 0 saturated heterocycles. The van der Waals surface area contributed by atoms with Crippen LogP contribution >= 0.6 is 0 Å². The zero-order valence-corrected chi connectivity index (χ0v) is 8.93. The lowest BCUT2D eigenvalue weighted by Crippen LogP contribution is -2.42. The normalized spacial score (nSPS) is 21.7. The Hall–Kier alpha value is -0.910. The maximum Gasteiger partial charge on any atom is 0.0882 e. The second kappa shape index (κ2) is 4.30. The summed E-state index contributed by atoms with van der Waals surface area (Å²) in [6.45, 7) is 4.63. The molecule has 1 aliphatic rings. The highest BCUT2D eigenvalue weighted by atomic mass is 16.3. The average Bonchev–Trinajstić information content (AvgIpc) is 2.61. The number of aromatic nitrogens is 2. The van der Waals surface area contributed by atoms with E-state index in [1.165, 1.54) is 0 Å². The fourth-order valence-corrected chi connectivity index (χ4v) is 2.04. The van der Waals surface area contributed by atoms with Crippen LogP contribution in [-0.2, 0) is 19.7 Å². The van der Waals surface area contributed by atoms with E-state index in [2.05, 4.69) is 16.9 Å². The summed E-state index contributed by atoms with van der Waals surface area (Å²) in [6, 6.07) is 2.31. The van der Waals surface area contributed by atoms with Crippen molar-refractivity contribution < 1.29 is 10.2 Å². The summed E-state index contributed by atoms with van der Waals surface area (Å²) in [5.41, 5.74) is 1.84. The van der Waals surface area contributed by atoms with E-state index in [0.717, 1.165) is 24.5 Å². The molecular formula is C10H17N3O2. The topological polar surface area (TPSA) is 61.5 Å². The molecule has 0 fully saturated rings. The van der Waals surface area contributed by atoms with Crippen LogP contribution in [0.15, 0.2) is 6.07 Å². The number of hydrogen-bond donors (Lipinski definition) is 2.